The van der Waals surface area contributed by atoms with E-state index in [-0.39, 0.29) is 25.2 Å². The summed E-state index contributed by atoms with van der Waals surface area (Å²) in [6.07, 6.45) is 3.05. The lowest BCUT2D eigenvalue weighted by atomic mass is 10.1. The van der Waals surface area contributed by atoms with Gasteiger partial charge in [-0.3, -0.25) is 9.78 Å². The summed E-state index contributed by atoms with van der Waals surface area (Å²) in [6, 6.07) is 6.78. The second-order valence-corrected chi connectivity index (χ2v) is 7.44. The largest absolute Gasteiger partial charge is 0.473 e. The maximum Gasteiger partial charge on any atom is 0.253 e. The predicted octanol–water partition coefficient (Wildman–Crippen LogP) is 2.21. The number of hydrogen-bond donors (Lipinski definition) is 2. The van der Waals surface area contributed by atoms with Crippen LogP contribution in [0.25, 0.3) is 11.3 Å². The van der Waals surface area contributed by atoms with Gasteiger partial charge in [-0.1, -0.05) is 5.16 Å². The van der Waals surface area contributed by atoms with Crippen molar-refractivity contribution in [1.82, 2.24) is 20.4 Å². The maximum absolute atomic E-state index is 12.4. The van der Waals surface area contributed by atoms with E-state index in [9.17, 15) is 9.90 Å². The monoisotopic (exact) mass is 424 g/mol. The molecule has 2 N–H and O–H groups in total. The molecule has 0 spiro atoms. The van der Waals surface area contributed by atoms with Crippen molar-refractivity contribution in [3.8, 4) is 17.1 Å². The minimum Gasteiger partial charge on any atom is -0.473 e. The Hall–Kier alpha value is -3.30. The molecule has 1 amide bonds. The van der Waals surface area contributed by atoms with Gasteiger partial charge in [0.05, 0.1) is 29.9 Å². The van der Waals surface area contributed by atoms with Crippen LogP contribution >= 0.6 is 0 Å². The molecule has 0 radical (unpaired) electrons. The third kappa shape index (κ3) is 4.89. The van der Waals surface area contributed by atoms with Crippen molar-refractivity contribution in [1.29, 1.82) is 0 Å². The number of aliphatic hydroxyl groups excluding tert-OH is 1. The van der Waals surface area contributed by atoms with Crippen molar-refractivity contribution in [2.24, 2.45) is 0 Å². The van der Waals surface area contributed by atoms with Gasteiger partial charge in [0.1, 0.15) is 18.1 Å². The Balaban J connectivity index is 1.39. The summed E-state index contributed by atoms with van der Waals surface area (Å²) in [5.41, 5.74) is 3.63. The Morgan fingerprint density at radius 1 is 1.23 bits per heavy atom. The van der Waals surface area contributed by atoms with Gasteiger partial charge in [-0.25, -0.2) is 4.98 Å². The first-order chi connectivity index (χ1) is 15.0. The third-order valence-corrected chi connectivity index (χ3v) is 5.18. The Bertz CT molecular complexity index is 1030. The first-order valence-corrected chi connectivity index (χ1v) is 10.0. The minimum absolute atomic E-state index is 0.214. The molecule has 2 atom stereocenters. The zero-order chi connectivity index (χ0) is 21.8. The molecule has 4 rings (SSSR count). The van der Waals surface area contributed by atoms with Gasteiger partial charge in [0, 0.05) is 36.3 Å². The van der Waals surface area contributed by atoms with Crippen LogP contribution in [0.4, 0.5) is 0 Å². The number of aliphatic hydroxyl groups is 1. The van der Waals surface area contributed by atoms with Crippen molar-refractivity contribution in [2.75, 3.05) is 13.2 Å². The van der Waals surface area contributed by atoms with Crippen LogP contribution in [0.1, 0.15) is 33.8 Å². The number of ether oxygens (including phenoxy) is 2. The Labute approximate surface area is 179 Å². The quantitative estimate of drug-likeness (QED) is 0.618. The summed E-state index contributed by atoms with van der Waals surface area (Å²) in [6.45, 7) is 4.69. The highest BCUT2D eigenvalue weighted by Crippen LogP contribution is 2.26. The average molecular weight is 424 g/mol. The standard InChI is InChI=1S/C22H24N4O5/c1-13-3-4-15(9-23-13)21-17(14(2)31-26-21)11-30-20-6-5-16(10-24-20)22(28)25-18-7-8-29-12-19(18)27/h3-6,9-10,18-19,27H,7-8,11-12H2,1-2H3,(H,25,28)/t18-,19-/m0/s1. The summed E-state index contributed by atoms with van der Waals surface area (Å²) in [4.78, 5) is 20.9. The maximum atomic E-state index is 12.4. The van der Waals surface area contributed by atoms with E-state index in [0.29, 0.717) is 35.9 Å². The van der Waals surface area contributed by atoms with Crippen LogP contribution in [-0.2, 0) is 11.3 Å². The smallest absolute Gasteiger partial charge is 0.253 e. The van der Waals surface area contributed by atoms with Gasteiger partial charge in [-0.05, 0) is 38.5 Å². The molecule has 1 aliphatic rings. The normalized spacial score (nSPS) is 18.5. The van der Waals surface area contributed by atoms with Gasteiger partial charge in [-0.2, -0.15) is 0 Å². The van der Waals surface area contributed by atoms with Crippen molar-refractivity contribution in [3.05, 3.63) is 59.2 Å². The van der Waals surface area contributed by atoms with Crippen LogP contribution < -0.4 is 10.1 Å². The predicted molar refractivity (Wildman–Crippen MR) is 110 cm³/mol. The number of carbonyl (C=O) groups is 1. The first kappa shape index (κ1) is 21.0. The molecule has 0 unspecified atom stereocenters. The van der Waals surface area contributed by atoms with E-state index in [4.69, 9.17) is 14.0 Å². The van der Waals surface area contributed by atoms with Crippen LogP contribution in [0.15, 0.2) is 41.2 Å². The van der Waals surface area contributed by atoms with E-state index in [0.717, 1.165) is 16.8 Å². The average Bonchev–Trinajstić information content (AvgIpc) is 3.15. The molecule has 9 nitrogen and oxygen atoms in total. The molecule has 31 heavy (non-hydrogen) atoms. The SMILES string of the molecule is Cc1ccc(-c2noc(C)c2COc2ccc(C(=O)N[C@H]3CCOC[C@@H]3O)cn2)cn1. The molecule has 3 aromatic rings. The van der Waals surface area contributed by atoms with Gasteiger partial charge in [0.15, 0.2) is 0 Å². The van der Waals surface area contributed by atoms with Gasteiger partial charge in [-0.15, -0.1) is 0 Å². The zero-order valence-corrected chi connectivity index (χ0v) is 17.4. The summed E-state index contributed by atoms with van der Waals surface area (Å²) in [7, 11) is 0. The van der Waals surface area contributed by atoms with Crippen LogP contribution in [0, 0.1) is 13.8 Å². The van der Waals surface area contributed by atoms with E-state index in [2.05, 4.69) is 20.4 Å². The number of aryl methyl sites for hydroxylation is 2. The van der Waals surface area contributed by atoms with Crippen molar-refractivity contribution < 1.29 is 23.9 Å². The second kappa shape index (κ2) is 9.23. The number of rotatable bonds is 6. The molecule has 1 fully saturated rings. The number of carbonyl (C=O) groups excluding carboxylic acids is 1. The van der Waals surface area contributed by atoms with Gasteiger partial charge < -0.3 is 24.4 Å². The fraction of sp³-hybridized carbons (Fsp3) is 0.364. The van der Waals surface area contributed by atoms with Gasteiger partial charge in [0.25, 0.3) is 5.91 Å². The lowest BCUT2D eigenvalue weighted by molar-refractivity contribution is -0.0260. The molecule has 3 aromatic heterocycles. The van der Waals surface area contributed by atoms with Crippen LogP contribution in [0.2, 0.25) is 0 Å². The van der Waals surface area contributed by atoms with E-state index in [1.807, 2.05) is 26.0 Å². The molecule has 162 valence electrons. The highest BCUT2D eigenvalue weighted by atomic mass is 16.5. The fourth-order valence-corrected chi connectivity index (χ4v) is 3.28. The number of hydrogen-bond acceptors (Lipinski definition) is 8. The van der Waals surface area contributed by atoms with Crippen molar-refractivity contribution in [3.63, 3.8) is 0 Å². The highest BCUT2D eigenvalue weighted by molar-refractivity contribution is 5.94. The Morgan fingerprint density at radius 2 is 2.10 bits per heavy atom. The molecule has 9 heteroatoms. The summed E-state index contributed by atoms with van der Waals surface area (Å²) >= 11 is 0. The molecule has 4 heterocycles. The van der Waals surface area contributed by atoms with Crippen molar-refractivity contribution in [2.45, 2.75) is 39.0 Å². The minimum atomic E-state index is -0.710. The van der Waals surface area contributed by atoms with E-state index in [1.165, 1.54) is 6.20 Å². The first-order valence-electron chi connectivity index (χ1n) is 10.0. The Morgan fingerprint density at radius 3 is 2.81 bits per heavy atom. The van der Waals surface area contributed by atoms with E-state index in [1.54, 1.807) is 18.3 Å². The number of aromatic nitrogens is 3. The van der Waals surface area contributed by atoms with Crippen LogP contribution in [0.3, 0.4) is 0 Å². The number of nitrogens with zero attached hydrogens (tertiary/aromatic N) is 3. The molecule has 0 bridgehead atoms. The van der Waals surface area contributed by atoms with Crippen LogP contribution in [0.5, 0.6) is 5.88 Å². The highest BCUT2D eigenvalue weighted by Gasteiger charge is 2.25. The second-order valence-electron chi connectivity index (χ2n) is 7.44. The molecular formula is C22H24N4O5. The summed E-state index contributed by atoms with van der Waals surface area (Å²) < 4.78 is 16.3. The molecular weight excluding hydrogens is 400 g/mol. The van der Waals surface area contributed by atoms with E-state index < -0.39 is 6.10 Å². The molecule has 0 aromatic carbocycles. The summed E-state index contributed by atoms with van der Waals surface area (Å²) in [5, 5.41) is 16.9. The lowest BCUT2D eigenvalue weighted by Gasteiger charge is -2.28. The van der Waals surface area contributed by atoms with Gasteiger partial charge in [0.2, 0.25) is 5.88 Å². The lowest BCUT2D eigenvalue weighted by Crippen LogP contribution is -2.48. The third-order valence-electron chi connectivity index (χ3n) is 5.18. The number of amides is 1. The Kier molecular flexibility index (Phi) is 6.24. The fourth-order valence-electron chi connectivity index (χ4n) is 3.28. The summed E-state index contributed by atoms with van der Waals surface area (Å²) in [5.74, 6) is 0.729. The molecule has 1 aliphatic heterocycles. The molecule has 1 saturated heterocycles. The number of nitrogens with one attached hydrogen (secondary N) is 1. The van der Waals surface area contributed by atoms with Gasteiger partial charge >= 0.3 is 0 Å². The zero-order valence-electron chi connectivity index (χ0n) is 17.4. The number of pyridine rings is 2. The van der Waals surface area contributed by atoms with Crippen LogP contribution in [-0.4, -0.2) is 51.5 Å². The molecule has 0 aliphatic carbocycles. The molecule has 0 saturated carbocycles. The topological polar surface area (TPSA) is 120 Å². The van der Waals surface area contributed by atoms with E-state index >= 15 is 0 Å². The van der Waals surface area contributed by atoms with Crippen molar-refractivity contribution >= 4 is 5.91 Å².